The Morgan fingerprint density at radius 1 is 0.800 bits per heavy atom. The van der Waals surface area contributed by atoms with E-state index in [0.29, 0.717) is 6.42 Å². The van der Waals surface area contributed by atoms with Crippen molar-refractivity contribution in [1.82, 2.24) is 10.2 Å². The first-order valence-corrected chi connectivity index (χ1v) is 12.3. The van der Waals surface area contributed by atoms with Gasteiger partial charge in [0.15, 0.2) is 0 Å². The molecule has 0 atom stereocenters. The van der Waals surface area contributed by atoms with Crippen molar-refractivity contribution in [2.24, 2.45) is 16.2 Å². The molecule has 0 amide bonds. The van der Waals surface area contributed by atoms with Gasteiger partial charge in [-0.2, -0.15) is 0 Å². The maximum atomic E-state index is 11.5. The van der Waals surface area contributed by atoms with Crippen LogP contribution in [0.25, 0.3) is 0 Å². The fraction of sp³-hybridized carbons (Fsp3) is 0.727. The Balaban J connectivity index is 2.32. The Morgan fingerprint density at radius 2 is 1.30 bits per heavy atom. The molecule has 0 fully saturated rings. The van der Waals surface area contributed by atoms with Crippen LogP contribution in [0.4, 0.5) is 0 Å². The summed E-state index contributed by atoms with van der Waals surface area (Å²) in [6, 6.07) is 3.94. The summed E-state index contributed by atoms with van der Waals surface area (Å²) in [4.78, 5) is 22.6. The van der Waals surface area contributed by atoms with Crippen LogP contribution in [0.5, 0.6) is 0 Å². The molecule has 0 unspecified atom stereocenters. The highest BCUT2D eigenvalue weighted by Gasteiger charge is 2.42. The molecule has 1 aromatic heterocycles. The van der Waals surface area contributed by atoms with Crippen LogP contribution in [-0.4, -0.2) is 43.9 Å². The van der Waals surface area contributed by atoms with E-state index in [1.165, 1.54) is 0 Å². The molecule has 0 bridgehead atoms. The number of carboxylic acid groups (broad SMARTS) is 2. The zero-order valence-electron chi connectivity index (χ0n) is 19.0. The monoisotopic (exact) mass is 456 g/mol. The molecule has 0 saturated carbocycles. The largest absolute Gasteiger partial charge is 0.481 e. The zero-order valence-corrected chi connectivity index (χ0v) is 20.7. The molecule has 0 aliphatic heterocycles. The first-order valence-electron chi connectivity index (χ1n) is 10.4. The lowest BCUT2D eigenvalue weighted by Crippen LogP contribution is -2.39. The first kappa shape index (κ1) is 26.8. The van der Waals surface area contributed by atoms with E-state index in [-0.39, 0.29) is 5.41 Å². The normalized spacial score (nSPS) is 12.7. The van der Waals surface area contributed by atoms with Crippen LogP contribution in [0.15, 0.2) is 22.2 Å². The molecule has 1 heterocycles. The Labute approximate surface area is 189 Å². The van der Waals surface area contributed by atoms with Gasteiger partial charge < -0.3 is 10.2 Å². The highest BCUT2D eigenvalue weighted by atomic mass is 32.2. The number of aliphatic carboxylic acids is 2. The molecular weight excluding hydrogens is 420 g/mol. The molecular formula is C22H36N2O4S2. The van der Waals surface area contributed by atoms with Crippen LogP contribution in [-0.2, 0) is 9.59 Å². The Hall–Kier alpha value is -1.28. The lowest BCUT2D eigenvalue weighted by Gasteiger charge is -2.38. The van der Waals surface area contributed by atoms with Gasteiger partial charge in [-0.05, 0) is 82.4 Å². The molecule has 0 aliphatic rings. The lowest BCUT2D eigenvalue weighted by atomic mass is 9.66. The minimum absolute atomic E-state index is 0.286. The van der Waals surface area contributed by atoms with Gasteiger partial charge in [0.25, 0.3) is 0 Å². The fourth-order valence-electron chi connectivity index (χ4n) is 2.71. The van der Waals surface area contributed by atoms with Gasteiger partial charge in [0.2, 0.25) is 0 Å². The minimum Gasteiger partial charge on any atom is -0.481 e. The van der Waals surface area contributed by atoms with Crippen molar-refractivity contribution in [3.05, 3.63) is 12.1 Å². The van der Waals surface area contributed by atoms with Crippen LogP contribution in [0, 0.1) is 16.2 Å². The summed E-state index contributed by atoms with van der Waals surface area (Å²) in [7, 11) is 0. The van der Waals surface area contributed by atoms with Crippen LogP contribution in [0.2, 0.25) is 0 Å². The summed E-state index contributed by atoms with van der Waals surface area (Å²) in [6.07, 6.45) is 4.24. The number of hydrogen-bond donors (Lipinski definition) is 2. The summed E-state index contributed by atoms with van der Waals surface area (Å²) < 4.78 is 0. The maximum Gasteiger partial charge on any atom is 0.309 e. The minimum atomic E-state index is -0.764. The van der Waals surface area contributed by atoms with E-state index in [1.807, 2.05) is 26.0 Å². The predicted molar refractivity (Wildman–Crippen MR) is 123 cm³/mol. The lowest BCUT2D eigenvalue weighted by molar-refractivity contribution is -0.154. The van der Waals surface area contributed by atoms with Crippen molar-refractivity contribution in [2.45, 2.75) is 83.7 Å². The third-order valence-electron chi connectivity index (χ3n) is 6.06. The number of carboxylic acids is 2. The Morgan fingerprint density at radius 3 is 1.73 bits per heavy atom. The van der Waals surface area contributed by atoms with E-state index in [4.69, 9.17) is 5.11 Å². The van der Waals surface area contributed by atoms with Gasteiger partial charge in [0.05, 0.1) is 10.8 Å². The van der Waals surface area contributed by atoms with Gasteiger partial charge in [0, 0.05) is 0 Å². The van der Waals surface area contributed by atoms with Gasteiger partial charge in [-0.1, -0.05) is 20.3 Å². The van der Waals surface area contributed by atoms with Crippen molar-refractivity contribution in [3.8, 4) is 0 Å². The summed E-state index contributed by atoms with van der Waals surface area (Å²) in [5, 5.41) is 28.8. The first-order chi connectivity index (χ1) is 13.8. The average molecular weight is 457 g/mol. The quantitative estimate of drug-likeness (QED) is 0.265. The predicted octanol–water partition coefficient (Wildman–Crippen LogP) is 5.86. The van der Waals surface area contributed by atoms with Crippen LogP contribution in [0.3, 0.4) is 0 Å². The molecule has 8 heteroatoms. The number of carbonyl (C=O) groups is 2. The summed E-state index contributed by atoms with van der Waals surface area (Å²) in [5.41, 5.74) is -1.72. The maximum absolute atomic E-state index is 11.5. The Kier molecular flexibility index (Phi) is 10.1. The van der Waals surface area contributed by atoms with Crippen LogP contribution < -0.4 is 0 Å². The van der Waals surface area contributed by atoms with Gasteiger partial charge in [0.1, 0.15) is 10.1 Å². The SMILES string of the molecule is CC(C)(CCCCSc1ccc(SCCCC(C)(C)C(C)(C)C(=O)O)nn1)C(=O)O. The fourth-order valence-corrected chi connectivity index (χ4v) is 4.29. The third kappa shape index (κ3) is 8.10. The summed E-state index contributed by atoms with van der Waals surface area (Å²) in [6.45, 7) is 11.1. The summed E-state index contributed by atoms with van der Waals surface area (Å²) >= 11 is 3.28. The number of thioether (sulfide) groups is 2. The topological polar surface area (TPSA) is 100 Å². The van der Waals surface area contributed by atoms with Crippen LogP contribution >= 0.6 is 23.5 Å². The van der Waals surface area contributed by atoms with Crippen LogP contribution in [0.1, 0.15) is 73.6 Å². The molecule has 2 N–H and O–H groups in total. The van der Waals surface area contributed by atoms with Gasteiger partial charge in [-0.15, -0.1) is 33.7 Å². The molecule has 1 aromatic rings. The van der Waals surface area contributed by atoms with E-state index in [0.717, 1.165) is 47.2 Å². The van der Waals surface area contributed by atoms with Gasteiger partial charge in [-0.3, -0.25) is 9.59 Å². The van der Waals surface area contributed by atoms with E-state index in [9.17, 15) is 14.7 Å². The molecule has 1 rings (SSSR count). The zero-order chi connectivity index (χ0) is 23.0. The van der Waals surface area contributed by atoms with E-state index in [2.05, 4.69) is 10.2 Å². The van der Waals surface area contributed by atoms with E-state index >= 15 is 0 Å². The van der Waals surface area contributed by atoms with Crippen molar-refractivity contribution in [2.75, 3.05) is 11.5 Å². The molecule has 6 nitrogen and oxygen atoms in total. The smallest absolute Gasteiger partial charge is 0.309 e. The number of nitrogens with zero attached hydrogens (tertiary/aromatic N) is 2. The molecule has 30 heavy (non-hydrogen) atoms. The second kappa shape index (κ2) is 11.4. The highest BCUT2D eigenvalue weighted by molar-refractivity contribution is 7.99. The third-order valence-corrected chi connectivity index (χ3v) is 8.08. The van der Waals surface area contributed by atoms with Crippen molar-refractivity contribution in [1.29, 1.82) is 0 Å². The number of unbranched alkanes of at least 4 members (excludes halogenated alkanes) is 1. The summed E-state index contributed by atoms with van der Waals surface area (Å²) in [5.74, 6) is 0.262. The van der Waals surface area contributed by atoms with Crippen molar-refractivity contribution in [3.63, 3.8) is 0 Å². The van der Waals surface area contributed by atoms with Gasteiger partial charge >= 0.3 is 11.9 Å². The second-order valence-electron chi connectivity index (χ2n) is 9.47. The Bertz CT molecular complexity index is 704. The molecule has 0 saturated heterocycles. The molecule has 0 radical (unpaired) electrons. The number of aromatic nitrogens is 2. The van der Waals surface area contributed by atoms with Gasteiger partial charge in [-0.25, -0.2) is 0 Å². The van der Waals surface area contributed by atoms with Crippen molar-refractivity contribution >= 4 is 35.5 Å². The molecule has 0 aliphatic carbocycles. The number of hydrogen-bond acceptors (Lipinski definition) is 6. The second-order valence-corrected chi connectivity index (χ2v) is 11.7. The molecule has 0 spiro atoms. The van der Waals surface area contributed by atoms with E-state index in [1.54, 1.807) is 51.2 Å². The molecule has 170 valence electrons. The number of rotatable bonds is 14. The standard InChI is InChI=1S/C22H36N2O4S2/c1-20(2,18(25)26)12-7-8-14-29-16-10-11-17(24-23-16)30-15-9-13-21(3,4)22(5,6)19(27)28/h10-11H,7-9,12-15H2,1-6H3,(H,25,26)(H,27,28). The van der Waals surface area contributed by atoms with Crippen molar-refractivity contribution < 1.29 is 19.8 Å². The molecule has 0 aromatic carbocycles. The highest BCUT2D eigenvalue weighted by Crippen LogP contribution is 2.42. The van der Waals surface area contributed by atoms with E-state index < -0.39 is 22.8 Å². The average Bonchev–Trinajstić information content (AvgIpc) is 2.65.